The Morgan fingerprint density at radius 1 is 1.62 bits per heavy atom. The average Bonchev–Trinajstić information content (AvgIpc) is 2.03. The average molecular weight is 185 g/mol. The minimum Gasteiger partial charge on any atom is -0.400 e. The van der Waals surface area contributed by atoms with Gasteiger partial charge in [-0.05, 0) is 6.08 Å². The maximum atomic E-state index is 8.60. The van der Waals surface area contributed by atoms with Crippen LogP contribution in [-0.4, -0.2) is 54.3 Å². The lowest BCUT2D eigenvalue weighted by molar-refractivity contribution is -0.0805. The highest BCUT2D eigenvalue weighted by atomic mass is 16.7. The third-order valence-electron chi connectivity index (χ3n) is 1.47. The molecule has 0 amide bonds. The van der Waals surface area contributed by atoms with E-state index in [4.69, 9.17) is 10.0 Å². The summed E-state index contributed by atoms with van der Waals surface area (Å²) in [7, 11) is 1.83. The van der Waals surface area contributed by atoms with Crippen molar-refractivity contribution in [2.45, 2.75) is 0 Å². The molecule has 0 saturated carbocycles. The predicted octanol–water partition coefficient (Wildman–Crippen LogP) is -1.37. The second-order valence-corrected chi connectivity index (χ2v) is 2.70. The first-order valence-electron chi connectivity index (χ1n) is 3.79. The zero-order chi connectivity index (χ0) is 9.84. The largest absolute Gasteiger partial charge is 0.656 e. The van der Waals surface area contributed by atoms with Crippen molar-refractivity contribution in [3.05, 3.63) is 11.9 Å². The zero-order valence-electron chi connectivity index (χ0n) is 7.58. The highest BCUT2D eigenvalue weighted by Crippen LogP contribution is 2.10. The second-order valence-electron chi connectivity index (χ2n) is 2.70. The molecule has 1 heterocycles. The van der Waals surface area contributed by atoms with Crippen LogP contribution in [0.15, 0.2) is 16.9 Å². The van der Waals surface area contributed by atoms with E-state index in [1.807, 2.05) is 14.1 Å². The molecule has 0 aromatic heterocycles. The molecule has 0 radical (unpaired) electrons. The van der Waals surface area contributed by atoms with Gasteiger partial charge in [-0.2, -0.15) is 0 Å². The zero-order valence-corrected chi connectivity index (χ0v) is 7.58. The van der Waals surface area contributed by atoms with E-state index in [2.05, 4.69) is 9.75 Å². The molecule has 7 heteroatoms. The summed E-state index contributed by atoms with van der Waals surface area (Å²) >= 11 is 0. The number of rotatable bonds is 3. The quantitative estimate of drug-likeness (QED) is 0.531. The Kier molecular flexibility index (Phi) is 3.29. The minimum absolute atomic E-state index is 0.252. The highest BCUT2D eigenvalue weighted by molar-refractivity contribution is 6.32. The van der Waals surface area contributed by atoms with Crippen LogP contribution in [0.5, 0.6) is 0 Å². The van der Waals surface area contributed by atoms with E-state index in [1.54, 1.807) is 17.2 Å². The molecule has 0 unspecified atom stereocenters. The molecular weight excluding hydrogens is 173 g/mol. The van der Waals surface area contributed by atoms with Crippen LogP contribution in [-0.2, 0) is 4.76 Å². The van der Waals surface area contributed by atoms with Crippen molar-refractivity contribution in [1.29, 1.82) is 0 Å². The summed E-state index contributed by atoms with van der Waals surface area (Å²) in [5.41, 5.74) is 0. The van der Waals surface area contributed by atoms with Gasteiger partial charge in [0.2, 0.25) is 0 Å². The fourth-order valence-electron chi connectivity index (χ4n) is 0.970. The van der Waals surface area contributed by atoms with E-state index in [1.165, 1.54) is 5.06 Å². The van der Waals surface area contributed by atoms with Crippen molar-refractivity contribution in [2.24, 2.45) is 4.99 Å². The van der Waals surface area contributed by atoms with E-state index >= 15 is 0 Å². The number of nitrogens with zero attached hydrogens (tertiary/aromatic N) is 3. The van der Waals surface area contributed by atoms with Crippen molar-refractivity contribution in [3.8, 4) is 0 Å². The van der Waals surface area contributed by atoms with Gasteiger partial charge >= 0.3 is 7.32 Å². The smallest absolute Gasteiger partial charge is 0.400 e. The maximum Gasteiger partial charge on any atom is 0.656 e. The van der Waals surface area contributed by atoms with Crippen molar-refractivity contribution in [1.82, 2.24) is 9.96 Å². The number of allylic oxidation sites excluding steroid dienone is 1. The van der Waals surface area contributed by atoms with Crippen molar-refractivity contribution >= 4 is 13.5 Å². The molecule has 0 aliphatic carbocycles. The minimum atomic E-state index is -1.82. The fraction of sp³-hybridized carbons (Fsp3) is 0.500. The highest BCUT2D eigenvalue weighted by Gasteiger charge is 2.20. The van der Waals surface area contributed by atoms with Crippen LogP contribution in [0.1, 0.15) is 0 Å². The molecule has 0 spiro atoms. The molecule has 0 aromatic rings. The van der Waals surface area contributed by atoms with Gasteiger partial charge in [-0.1, -0.05) is 0 Å². The Hall–Kier alpha value is -1.05. The first kappa shape index (κ1) is 10.0. The summed E-state index contributed by atoms with van der Waals surface area (Å²) in [5.74, 6) is 0.711. The molecule has 0 aromatic carbocycles. The second kappa shape index (κ2) is 4.26. The van der Waals surface area contributed by atoms with E-state index in [0.717, 1.165) is 0 Å². The van der Waals surface area contributed by atoms with Gasteiger partial charge in [-0.3, -0.25) is 9.75 Å². The van der Waals surface area contributed by atoms with Gasteiger partial charge in [-0.15, -0.1) is 0 Å². The van der Waals surface area contributed by atoms with Gasteiger partial charge in [0, 0.05) is 20.3 Å². The summed E-state index contributed by atoms with van der Waals surface area (Å²) in [6.45, 7) is 0.252. The lowest BCUT2D eigenvalue weighted by Crippen LogP contribution is -2.38. The van der Waals surface area contributed by atoms with Gasteiger partial charge in [0.05, 0.1) is 0 Å². The normalized spacial score (nSPS) is 15.7. The first-order chi connectivity index (χ1) is 6.11. The van der Waals surface area contributed by atoms with Crippen LogP contribution in [0.25, 0.3) is 0 Å². The molecule has 0 saturated heterocycles. The van der Waals surface area contributed by atoms with Crippen molar-refractivity contribution < 1.29 is 14.8 Å². The fourth-order valence-corrected chi connectivity index (χ4v) is 0.970. The molecule has 2 N–H and O–H groups in total. The van der Waals surface area contributed by atoms with Crippen LogP contribution in [0, 0.1) is 0 Å². The Balaban J connectivity index is 2.64. The third-order valence-corrected chi connectivity index (χ3v) is 1.47. The monoisotopic (exact) mass is 185 g/mol. The van der Waals surface area contributed by atoms with Crippen molar-refractivity contribution in [2.75, 3.05) is 20.8 Å². The van der Waals surface area contributed by atoms with Crippen LogP contribution in [0.4, 0.5) is 0 Å². The summed E-state index contributed by atoms with van der Waals surface area (Å²) in [4.78, 5) is 5.68. The summed E-state index contributed by atoms with van der Waals surface area (Å²) in [5, 5.41) is 18.5. The molecule has 1 rings (SSSR count). The maximum absolute atomic E-state index is 8.60. The van der Waals surface area contributed by atoms with E-state index in [9.17, 15) is 0 Å². The number of aliphatic imine (C=N–C) groups is 1. The summed E-state index contributed by atoms with van der Waals surface area (Å²) in [6, 6.07) is 0. The van der Waals surface area contributed by atoms with Gasteiger partial charge in [0.1, 0.15) is 12.5 Å². The molecule has 72 valence electrons. The topological polar surface area (TPSA) is 68.5 Å². The lowest BCUT2D eigenvalue weighted by Gasteiger charge is -2.30. The predicted molar refractivity (Wildman–Crippen MR) is 48.2 cm³/mol. The van der Waals surface area contributed by atoms with Gasteiger partial charge in [0.15, 0.2) is 0 Å². The molecule has 13 heavy (non-hydrogen) atoms. The standard InChI is InChI=1S/C6H12BN3O3/c1-9(2)6-3-4-8-5-10(6)13-7(11)12/h3-4,11-12H,5H2,1-2H3. The number of hydroxylamine groups is 2. The Bertz CT molecular complexity index is 229. The van der Waals surface area contributed by atoms with E-state index in [0.29, 0.717) is 5.82 Å². The molecule has 0 bridgehead atoms. The molecule has 0 fully saturated rings. The van der Waals surface area contributed by atoms with Gasteiger partial charge in [-0.25, -0.2) is 5.06 Å². The molecule has 6 nitrogen and oxygen atoms in total. The molecule has 0 atom stereocenters. The Morgan fingerprint density at radius 2 is 2.31 bits per heavy atom. The third kappa shape index (κ3) is 2.73. The van der Waals surface area contributed by atoms with Gasteiger partial charge in [0.25, 0.3) is 0 Å². The number of hydrogen-bond acceptors (Lipinski definition) is 6. The number of hydrogen-bond donors (Lipinski definition) is 2. The van der Waals surface area contributed by atoms with E-state index in [-0.39, 0.29) is 6.67 Å². The summed E-state index contributed by atoms with van der Waals surface area (Å²) in [6.07, 6.45) is 3.35. The van der Waals surface area contributed by atoms with E-state index < -0.39 is 7.32 Å². The molecular formula is C6H12BN3O3. The van der Waals surface area contributed by atoms with Crippen LogP contribution >= 0.6 is 0 Å². The van der Waals surface area contributed by atoms with Gasteiger partial charge < -0.3 is 14.9 Å². The van der Waals surface area contributed by atoms with Crippen LogP contribution in [0.3, 0.4) is 0 Å². The lowest BCUT2D eigenvalue weighted by atomic mass is 10.3. The summed E-state index contributed by atoms with van der Waals surface area (Å²) < 4.78 is 4.69. The SMILES string of the molecule is CN(C)C1=CC=NCN1OB(O)O. The first-order valence-corrected chi connectivity index (χ1v) is 3.79. The van der Waals surface area contributed by atoms with Crippen LogP contribution < -0.4 is 0 Å². The van der Waals surface area contributed by atoms with Crippen molar-refractivity contribution in [3.63, 3.8) is 0 Å². The van der Waals surface area contributed by atoms with Crippen LogP contribution in [0.2, 0.25) is 0 Å². The Morgan fingerprint density at radius 3 is 2.85 bits per heavy atom. The molecule has 1 aliphatic heterocycles. The Labute approximate surface area is 76.9 Å². The molecule has 1 aliphatic rings.